The fourth-order valence-electron chi connectivity index (χ4n) is 2.43. The number of nitrogens with zero attached hydrogens (tertiary/aromatic N) is 2. The second kappa shape index (κ2) is 3.52. The lowest BCUT2D eigenvalue weighted by molar-refractivity contribution is 0.315. The highest BCUT2D eigenvalue weighted by Gasteiger charge is 2.25. The number of aromatic nitrogens is 2. The third-order valence-corrected chi connectivity index (χ3v) is 3.30. The predicted molar refractivity (Wildman–Crippen MR) is 53.6 cm³/mol. The van der Waals surface area contributed by atoms with E-state index in [-0.39, 0.29) is 0 Å². The number of imidazole rings is 1. The summed E-state index contributed by atoms with van der Waals surface area (Å²) in [5, 5.41) is 0. The summed E-state index contributed by atoms with van der Waals surface area (Å²) in [4.78, 5) is 4.45. The van der Waals surface area contributed by atoms with Gasteiger partial charge in [-0.15, -0.1) is 0 Å². The van der Waals surface area contributed by atoms with E-state index in [1.54, 1.807) is 0 Å². The first kappa shape index (κ1) is 8.79. The van der Waals surface area contributed by atoms with Crippen molar-refractivity contribution in [2.24, 2.45) is 13.0 Å². The molecule has 72 valence electrons. The van der Waals surface area contributed by atoms with Gasteiger partial charge in [0.2, 0.25) is 0 Å². The van der Waals surface area contributed by atoms with Crippen LogP contribution >= 0.6 is 0 Å². The van der Waals surface area contributed by atoms with Crippen LogP contribution in [0.15, 0.2) is 12.4 Å². The summed E-state index contributed by atoms with van der Waals surface area (Å²) >= 11 is 0. The Morgan fingerprint density at radius 3 is 2.77 bits per heavy atom. The maximum Gasteiger partial charge on any atom is 0.111 e. The van der Waals surface area contributed by atoms with Gasteiger partial charge in [0.05, 0.1) is 0 Å². The largest absolute Gasteiger partial charge is 0.338 e. The Bertz CT molecular complexity index is 277. The van der Waals surface area contributed by atoms with Crippen LogP contribution in [0.4, 0.5) is 0 Å². The molecule has 1 aromatic rings. The summed E-state index contributed by atoms with van der Waals surface area (Å²) in [6.45, 7) is 2.36. The lowest BCUT2D eigenvalue weighted by atomic mass is 9.80. The van der Waals surface area contributed by atoms with Crippen LogP contribution in [-0.2, 0) is 7.05 Å². The molecule has 1 saturated carbocycles. The molecule has 13 heavy (non-hydrogen) atoms. The summed E-state index contributed by atoms with van der Waals surface area (Å²) < 4.78 is 2.17. The predicted octanol–water partition coefficient (Wildman–Crippen LogP) is 2.71. The van der Waals surface area contributed by atoms with E-state index in [1.165, 1.54) is 31.5 Å². The topological polar surface area (TPSA) is 17.8 Å². The Labute approximate surface area is 80.0 Å². The van der Waals surface area contributed by atoms with Crippen LogP contribution < -0.4 is 0 Å². The van der Waals surface area contributed by atoms with E-state index in [9.17, 15) is 0 Å². The SMILES string of the molecule is CC1CCCCC1c1nccn1C. The van der Waals surface area contributed by atoms with Crippen LogP contribution in [0.25, 0.3) is 0 Å². The van der Waals surface area contributed by atoms with Gasteiger partial charge < -0.3 is 4.57 Å². The first-order valence-electron chi connectivity index (χ1n) is 5.26. The summed E-state index contributed by atoms with van der Waals surface area (Å²) in [6.07, 6.45) is 9.45. The molecule has 0 radical (unpaired) electrons. The van der Waals surface area contributed by atoms with E-state index in [0.29, 0.717) is 5.92 Å². The monoisotopic (exact) mass is 178 g/mol. The fourth-order valence-corrected chi connectivity index (χ4v) is 2.43. The zero-order valence-electron chi connectivity index (χ0n) is 8.53. The minimum atomic E-state index is 0.703. The van der Waals surface area contributed by atoms with Crippen LogP contribution in [0.2, 0.25) is 0 Å². The van der Waals surface area contributed by atoms with Crippen molar-refractivity contribution in [3.8, 4) is 0 Å². The van der Waals surface area contributed by atoms with Crippen molar-refractivity contribution in [3.05, 3.63) is 18.2 Å². The van der Waals surface area contributed by atoms with E-state index >= 15 is 0 Å². The van der Waals surface area contributed by atoms with E-state index < -0.39 is 0 Å². The second-order valence-electron chi connectivity index (χ2n) is 4.26. The number of hydrogen-bond acceptors (Lipinski definition) is 1. The maximum atomic E-state index is 4.45. The van der Waals surface area contributed by atoms with E-state index in [4.69, 9.17) is 0 Å². The molecule has 0 bridgehead atoms. The second-order valence-corrected chi connectivity index (χ2v) is 4.26. The van der Waals surface area contributed by atoms with Crippen molar-refractivity contribution >= 4 is 0 Å². The summed E-state index contributed by atoms with van der Waals surface area (Å²) in [6, 6.07) is 0. The average molecular weight is 178 g/mol. The van der Waals surface area contributed by atoms with Gasteiger partial charge in [-0.3, -0.25) is 0 Å². The van der Waals surface area contributed by atoms with Gasteiger partial charge in [0.1, 0.15) is 5.82 Å². The molecule has 1 heterocycles. The minimum absolute atomic E-state index is 0.703. The van der Waals surface area contributed by atoms with Crippen LogP contribution in [0.3, 0.4) is 0 Å². The average Bonchev–Trinajstić information content (AvgIpc) is 2.52. The summed E-state index contributed by atoms with van der Waals surface area (Å²) in [5.74, 6) is 2.80. The normalized spacial score (nSPS) is 29.1. The van der Waals surface area contributed by atoms with Crippen LogP contribution in [0, 0.1) is 5.92 Å². The Hall–Kier alpha value is -0.790. The first-order chi connectivity index (χ1) is 6.29. The van der Waals surface area contributed by atoms with Gasteiger partial charge >= 0.3 is 0 Å². The summed E-state index contributed by atoms with van der Waals surface area (Å²) in [5.41, 5.74) is 0. The van der Waals surface area contributed by atoms with Crippen molar-refractivity contribution in [1.82, 2.24) is 9.55 Å². The van der Waals surface area contributed by atoms with Gasteiger partial charge in [0, 0.05) is 25.4 Å². The zero-order chi connectivity index (χ0) is 9.26. The molecule has 0 spiro atoms. The van der Waals surface area contributed by atoms with E-state index in [1.807, 2.05) is 6.20 Å². The van der Waals surface area contributed by atoms with Gasteiger partial charge in [-0.05, 0) is 12.3 Å². The molecule has 1 aromatic heterocycles. The standard InChI is InChI=1S/C11H18N2/c1-9-5-3-4-6-10(9)11-12-7-8-13(11)2/h7-10H,3-6H2,1-2H3. The Kier molecular flexibility index (Phi) is 2.38. The quantitative estimate of drug-likeness (QED) is 0.646. The highest BCUT2D eigenvalue weighted by Crippen LogP contribution is 2.36. The van der Waals surface area contributed by atoms with Crippen LogP contribution in [0.1, 0.15) is 44.3 Å². The summed E-state index contributed by atoms with van der Waals surface area (Å²) in [7, 11) is 2.10. The lowest BCUT2D eigenvalue weighted by Crippen LogP contribution is -2.18. The molecule has 0 amide bonds. The molecule has 0 saturated heterocycles. The van der Waals surface area contributed by atoms with E-state index in [0.717, 1.165) is 5.92 Å². The zero-order valence-corrected chi connectivity index (χ0v) is 8.53. The first-order valence-corrected chi connectivity index (χ1v) is 5.26. The molecule has 2 heteroatoms. The number of aryl methyl sites for hydroxylation is 1. The minimum Gasteiger partial charge on any atom is -0.338 e. The van der Waals surface area contributed by atoms with Crippen LogP contribution in [0.5, 0.6) is 0 Å². The molecule has 1 fully saturated rings. The molecule has 2 nitrogen and oxygen atoms in total. The Balaban J connectivity index is 2.19. The number of hydrogen-bond donors (Lipinski definition) is 0. The van der Waals surface area contributed by atoms with Crippen molar-refractivity contribution in [2.45, 2.75) is 38.5 Å². The lowest BCUT2D eigenvalue weighted by Gasteiger charge is -2.28. The third kappa shape index (κ3) is 1.62. The van der Waals surface area contributed by atoms with Crippen molar-refractivity contribution in [2.75, 3.05) is 0 Å². The highest BCUT2D eigenvalue weighted by atomic mass is 15.0. The Morgan fingerprint density at radius 1 is 1.38 bits per heavy atom. The molecule has 1 aliphatic rings. The highest BCUT2D eigenvalue weighted by molar-refractivity contribution is 5.02. The molecule has 2 atom stereocenters. The van der Waals surface area contributed by atoms with Crippen molar-refractivity contribution in [1.29, 1.82) is 0 Å². The molecule has 1 aliphatic carbocycles. The van der Waals surface area contributed by atoms with E-state index in [2.05, 4.69) is 29.7 Å². The van der Waals surface area contributed by atoms with Crippen LogP contribution in [-0.4, -0.2) is 9.55 Å². The third-order valence-electron chi connectivity index (χ3n) is 3.30. The molecule has 2 unspecified atom stereocenters. The molecular formula is C11H18N2. The number of rotatable bonds is 1. The van der Waals surface area contributed by atoms with Crippen molar-refractivity contribution < 1.29 is 0 Å². The van der Waals surface area contributed by atoms with Gasteiger partial charge in [-0.2, -0.15) is 0 Å². The molecule has 0 N–H and O–H groups in total. The van der Waals surface area contributed by atoms with Gasteiger partial charge in [0.25, 0.3) is 0 Å². The van der Waals surface area contributed by atoms with Gasteiger partial charge in [-0.1, -0.05) is 26.2 Å². The maximum absolute atomic E-state index is 4.45. The molecule has 0 aromatic carbocycles. The molecule has 0 aliphatic heterocycles. The molecule has 2 rings (SSSR count). The fraction of sp³-hybridized carbons (Fsp3) is 0.727. The smallest absolute Gasteiger partial charge is 0.111 e. The molecular weight excluding hydrogens is 160 g/mol. The van der Waals surface area contributed by atoms with Gasteiger partial charge in [-0.25, -0.2) is 4.98 Å². The van der Waals surface area contributed by atoms with Gasteiger partial charge in [0.15, 0.2) is 0 Å². The van der Waals surface area contributed by atoms with Crippen molar-refractivity contribution in [3.63, 3.8) is 0 Å². The Morgan fingerprint density at radius 2 is 2.15 bits per heavy atom.